The molecule has 1 heterocycles. The van der Waals surface area contributed by atoms with Crippen LogP contribution < -0.4 is 5.32 Å². The first-order chi connectivity index (χ1) is 9.95. The molecule has 1 saturated heterocycles. The van der Waals surface area contributed by atoms with Gasteiger partial charge in [0.1, 0.15) is 0 Å². The number of carbonyl (C=O) groups is 2. The van der Waals surface area contributed by atoms with Gasteiger partial charge in [-0.3, -0.25) is 4.79 Å². The molecule has 2 atom stereocenters. The van der Waals surface area contributed by atoms with E-state index in [1.165, 1.54) is 6.92 Å². The standard InChI is InChI=1S/C14H15Cl2NO4/c1-8(21-14(19)12-3-2-4-20-12)13(18)17-11-6-9(15)5-10(16)7-11/h5-8,12H,2-4H2,1H3,(H,17,18)/t8-,12+/m1/s1. The van der Waals surface area contributed by atoms with Crippen LogP contribution in [0.4, 0.5) is 5.69 Å². The average Bonchev–Trinajstić information content (AvgIpc) is 2.91. The highest BCUT2D eigenvalue weighted by Crippen LogP contribution is 2.22. The molecule has 1 aliphatic heterocycles. The van der Waals surface area contributed by atoms with Crippen molar-refractivity contribution >= 4 is 40.8 Å². The summed E-state index contributed by atoms with van der Waals surface area (Å²) in [5, 5.41) is 3.40. The zero-order valence-electron chi connectivity index (χ0n) is 11.4. The van der Waals surface area contributed by atoms with Crippen molar-refractivity contribution in [3.05, 3.63) is 28.2 Å². The van der Waals surface area contributed by atoms with E-state index in [0.29, 0.717) is 28.8 Å². The van der Waals surface area contributed by atoms with E-state index < -0.39 is 24.1 Å². The van der Waals surface area contributed by atoms with E-state index >= 15 is 0 Å². The number of halogens is 2. The molecule has 114 valence electrons. The largest absolute Gasteiger partial charge is 0.451 e. The van der Waals surface area contributed by atoms with Gasteiger partial charge in [0.2, 0.25) is 0 Å². The molecule has 0 aliphatic carbocycles. The summed E-state index contributed by atoms with van der Waals surface area (Å²) < 4.78 is 10.3. The molecule has 0 radical (unpaired) electrons. The molecule has 0 saturated carbocycles. The van der Waals surface area contributed by atoms with Gasteiger partial charge in [0.25, 0.3) is 5.91 Å². The molecular formula is C14H15Cl2NO4. The molecule has 1 amide bonds. The lowest BCUT2D eigenvalue weighted by Gasteiger charge is -2.16. The predicted octanol–water partition coefficient (Wildman–Crippen LogP) is 3.04. The lowest BCUT2D eigenvalue weighted by molar-refractivity contribution is -0.162. The minimum absolute atomic E-state index is 0.404. The highest BCUT2D eigenvalue weighted by molar-refractivity contribution is 6.35. The third kappa shape index (κ3) is 4.59. The van der Waals surface area contributed by atoms with Crippen LogP contribution >= 0.6 is 23.2 Å². The Bertz CT molecular complexity index is 524. The van der Waals surface area contributed by atoms with Crippen molar-refractivity contribution in [2.45, 2.75) is 32.0 Å². The number of rotatable bonds is 4. The minimum Gasteiger partial charge on any atom is -0.451 e. The maximum atomic E-state index is 12.0. The quantitative estimate of drug-likeness (QED) is 0.861. The van der Waals surface area contributed by atoms with E-state index in [1.54, 1.807) is 18.2 Å². The van der Waals surface area contributed by atoms with Gasteiger partial charge in [0.15, 0.2) is 12.2 Å². The fourth-order valence-electron chi connectivity index (χ4n) is 1.94. The monoisotopic (exact) mass is 331 g/mol. The van der Waals surface area contributed by atoms with E-state index in [1.807, 2.05) is 0 Å². The molecule has 5 nitrogen and oxygen atoms in total. The number of benzene rings is 1. The van der Waals surface area contributed by atoms with Gasteiger partial charge >= 0.3 is 5.97 Å². The van der Waals surface area contributed by atoms with Crippen molar-refractivity contribution < 1.29 is 19.1 Å². The summed E-state index contributed by atoms with van der Waals surface area (Å²) in [6, 6.07) is 4.67. The molecule has 7 heteroatoms. The number of carbonyl (C=O) groups excluding carboxylic acids is 2. The van der Waals surface area contributed by atoms with Crippen LogP contribution in [-0.4, -0.2) is 30.7 Å². The van der Waals surface area contributed by atoms with Gasteiger partial charge in [-0.15, -0.1) is 0 Å². The zero-order valence-corrected chi connectivity index (χ0v) is 12.9. The lowest BCUT2D eigenvalue weighted by Crippen LogP contribution is -2.34. The molecule has 0 aromatic heterocycles. The van der Waals surface area contributed by atoms with E-state index in [0.717, 1.165) is 6.42 Å². The Morgan fingerprint density at radius 2 is 2.00 bits per heavy atom. The normalized spacial score (nSPS) is 19.1. The van der Waals surface area contributed by atoms with Gasteiger partial charge in [-0.05, 0) is 38.0 Å². The SMILES string of the molecule is C[C@@H](OC(=O)[C@@H]1CCCO1)C(=O)Nc1cc(Cl)cc(Cl)c1. The summed E-state index contributed by atoms with van der Waals surface area (Å²) in [5.74, 6) is -0.973. The van der Waals surface area contributed by atoms with Crippen LogP contribution in [0.5, 0.6) is 0 Å². The van der Waals surface area contributed by atoms with E-state index in [4.69, 9.17) is 32.7 Å². The Hall–Kier alpha value is -1.30. The highest BCUT2D eigenvalue weighted by atomic mass is 35.5. The Labute approximate surface area is 132 Å². The number of anilines is 1. The highest BCUT2D eigenvalue weighted by Gasteiger charge is 2.28. The summed E-state index contributed by atoms with van der Waals surface area (Å²) in [4.78, 5) is 23.7. The Kier molecular flexibility index (Phi) is 5.45. The topological polar surface area (TPSA) is 64.6 Å². The molecule has 1 aliphatic rings. The van der Waals surface area contributed by atoms with Gasteiger partial charge in [0, 0.05) is 22.3 Å². The number of ether oxygens (including phenoxy) is 2. The zero-order chi connectivity index (χ0) is 15.4. The molecule has 1 aromatic carbocycles. The molecule has 21 heavy (non-hydrogen) atoms. The van der Waals surface area contributed by atoms with Gasteiger partial charge < -0.3 is 14.8 Å². The molecule has 1 fully saturated rings. The van der Waals surface area contributed by atoms with Crippen molar-refractivity contribution in [3.63, 3.8) is 0 Å². The number of nitrogens with one attached hydrogen (secondary N) is 1. The second-order valence-corrected chi connectivity index (χ2v) is 5.60. The van der Waals surface area contributed by atoms with Crippen LogP contribution in [-0.2, 0) is 19.1 Å². The average molecular weight is 332 g/mol. The summed E-state index contributed by atoms with van der Waals surface area (Å²) in [6.07, 6.45) is -0.0568. The van der Waals surface area contributed by atoms with Crippen molar-refractivity contribution in [2.24, 2.45) is 0 Å². The van der Waals surface area contributed by atoms with Crippen molar-refractivity contribution in [1.29, 1.82) is 0 Å². The van der Waals surface area contributed by atoms with Crippen LogP contribution in [0.1, 0.15) is 19.8 Å². The summed E-state index contributed by atoms with van der Waals surface area (Å²) >= 11 is 11.7. The minimum atomic E-state index is -0.931. The van der Waals surface area contributed by atoms with Gasteiger partial charge in [0.05, 0.1) is 0 Å². The van der Waals surface area contributed by atoms with Gasteiger partial charge in [-0.25, -0.2) is 4.79 Å². The third-order valence-corrected chi connectivity index (χ3v) is 3.42. The number of amides is 1. The summed E-state index contributed by atoms with van der Waals surface area (Å²) in [6.45, 7) is 2.04. The number of hydrogen-bond acceptors (Lipinski definition) is 4. The lowest BCUT2D eigenvalue weighted by atomic mass is 10.2. The number of hydrogen-bond donors (Lipinski definition) is 1. The van der Waals surface area contributed by atoms with Crippen LogP contribution in [0.3, 0.4) is 0 Å². The second kappa shape index (κ2) is 7.11. The molecule has 1 aromatic rings. The van der Waals surface area contributed by atoms with Crippen LogP contribution in [0.15, 0.2) is 18.2 Å². The first kappa shape index (κ1) is 16.1. The van der Waals surface area contributed by atoms with Gasteiger partial charge in [-0.1, -0.05) is 23.2 Å². The van der Waals surface area contributed by atoms with Crippen molar-refractivity contribution in [1.82, 2.24) is 0 Å². The molecule has 0 spiro atoms. The van der Waals surface area contributed by atoms with Crippen molar-refractivity contribution in [3.8, 4) is 0 Å². The third-order valence-electron chi connectivity index (χ3n) is 2.98. The summed E-state index contributed by atoms with van der Waals surface area (Å²) in [7, 11) is 0. The maximum Gasteiger partial charge on any atom is 0.336 e. The second-order valence-electron chi connectivity index (χ2n) is 4.73. The fourth-order valence-corrected chi connectivity index (χ4v) is 2.46. The van der Waals surface area contributed by atoms with Crippen LogP contribution in [0, 0.1) is 0 Å². The predicted molar refractivity (Wildman–Crippen MR) is 79.6 cm³/mol. The van der Waals surface area contributed by atoms with E-state index in [-0.39, 0.29) is 0 Å². The molecule has 0 unspecified atom stereocenters. The number of esters is 1. The van der Waals surface area contributed by atoms with E-state index in [2.05, 4.69) is 5.32 Å². The fraction of sp³-hybridized carbons (Fsp3) is 0.429. The molecule has 2 rings (SSSR count). The van der Waals surface area contributed by atoms with E-state index in [9.17, 15) is 9.59 Å². The maximum absolute atomic E-state index is 12.0. The van der Waals surface area contributed by atoms with Crippen LogP contribution in [0.2, 0.25) is 10.0 Å². The Balaban J connectivity index is 1.91. The van der Waals surface area contributed by atoms with Gasteiger partial charge in [-0.2, -0.15) is 0 Å². The Morgan fingerprint density at radius 3 is 2.57 bits per heavy atom. The first-order valence-corrected chi connectivity index (χ1v) is 7.30. The molecular weight excluding hydrogens is 317 g/mol. The molecule has 1 N–H and O–H groups in total. The van der Waals surface area contributed by atoms with Crippen LogP contribution in [0.25, 0.3) is 0 Å². The molecule has 0 bridgehead atoms. The smallest absolute Gasteiger partial charge is 0.336 e. The van der Waals surface area contributed by atoms with Crippen molar-refractivity contribution in [2.75, 3.05) is 11.9 Å². The summed E-state index contributed by atoms with van der Waals surface area (Å²) in [5.41, 5.74) is 0.442. The Morgan fingerprint density at radius 1 is 1.33 bits per heavy atom. The first-order valence-electron chi connectivity index (χ1n) is 6.55.